The molecule has 0 fully saturated rings. The third-order valence-corrected chi connectivity index (χ3v) is 4.98. The van der Waals surface area contributed by atoms with Crippen LogP contribution in [0, 0.1) is 0 Å². The monoisotopic (exact) mass is 433 g/mol. The molecule has 0 atom stereocenters. The smallest absolute Gasteiger partial charge is 0.337 e. The van der Waals surface area contributed by atoms with Crippen LogP contribution in [-0.2, 0) is 13.0 Å². The van der Waals surface area contributed by atoms with Crippen LogP contribution in [0.3, 0.4) is 0 Å². The standard InChI is InChI=1S/C25H23NO6/c1-3-4-21-22(10-9-20(15(2)27)24(21)29)32-14-16-5-7-17(8-6-16)23(28)18-11-19(25(30)31)13-26-12-18/h5-13,29H,3-4,14H2,1-2H3,(H,30,31). The summed E-state index contributed by atoms with van der Waals surface area (Å²) in [5, 5.41) is 19.5. The fourth-order valence-electron chi connectivity index (χ4n) is 3.29. The number of rotatable bonds is 9. The van der Waals surface area contributed by atoms with Crippen LogP contribution >= 0.6 is 0 Å². The van der Waals surface area contributed by atoms with E-state index < -0.39 is 5.97 Å². The number of ketones is 2. The summed E-state index contributed by atoms with van der Waals surface area (Å²) in [4.78, 5) is 39.2. The minimum Gasteiger partial charge on any atom is -0.507 e. The molecule has 0 saturated carbocycles. The number of hydrogen-bond acceptors (Lipinski definition) is 6. The maximum Gasteiger partial charge on any atom is 0.337 e. The molecule has 0 aliphatic rings. The molecule has 7 heteroatoms. The van der Waals surface area contributed by atoms with Gasteiger partial charge in [-0.05, 0) is 37.1 Å². The zero-order valence-electron chi connectivity index (χ0n) is 17.8. The van der Waals surface area contributed by atoms with Gasteiger partial charge in [0.05, 0.1) is 11.1 Å². The Kier molecular flexibility index (Phi) is 7.00. The second kappa shape index (κ2) is 9.87. The van der Waals surface area contributed by atoms with Crippen molar-refractivity contribution in [2.24, 2.45) is 0 Å². The minimum absolute atomic E-state index is 0.0463. The van der Waals surface area contributed by atoms with Crippen LogP contribution in [0.5, 0.6) is 11.5 Å². The maximum absolute atomic E-state index is 12.6. The summed E-state index contributed by atoms with van der Waals surface area (Å²) in [5.41, 5.74) is 2.20. The topological polar surface area (TPSA) is 114 Å². The highest BCUT2D eigenvalue weighted by molar-refractivity contribution is 6.09. The number of aromatic hydroxyl groups is 1. The number of aromatic carboxylic acids is 1. The largest absolute Gasteiger partial charge is 0.507 e. The first-order valence-corrected chi connectivity index (χ1v) is 10.1. The fraction of sp³-hybridized carbons (Fsp3) is 0.200. The van der Waals surface area contributed by atoms with Gasteiger partial charge in [0.2, 0.25) is 0 Å². The second-order valence-electron chi connectivity index (χ2n) is 7.33. The van der Waals surface area contributed by atoms with E-state index in [2.05, 4.69) is 4.98 Å². The molecule has 0 spiro atoms. The van der Waals surface area contributed by atoms with Gasteiger partial charge in [-0.25, -0.2) is 4.79 Å². The summed E-state index contributed by atoms with van der Waals surface area (Å²) >= 11 is 0. The van der Waals surface area contributed by atoms with Gasteiger partial charge in [0.25, 0.3) is 0 Å². The number of aromatic nitrogens is 1. The van der Waals surface area contributed by atoms with Crippen molar-refractivity contribution in [1.82, 2.24) is 4.98 Å². The van der Waals surface area contributed by atoms with E-state index in [0.717, 1.165) is 12.0 Å². The van der Waals surface area contributed by atoms with E-state index in [1.54, 1.807) is 36.4 Å². The Hall–Kier alpha value is -4.00. The Morgan fingerprint density at radius 3 is 2.28 bits per heavy atom. The quantitative estimate of drug-likeness (QED) is 0.479. The Balaban J connectivity index is 1.75. The summed E-state index contributed by atoms with van der Waals surface area (Å²) < 4.78 is 5.89. The fourth-order valence-corrected chi connectivity index (χ4v) is 3.29. The molecule has 32 heavy (non-hydrogen) atoms. The van der Waals surface area contributed by atoms with Crippen LogP contribution in [0.2, 0.25) is 0 Å². The predicted octanol–water partition coefficient (Wildman–Crippen LogP) is 4.45. The van der Waals surface area contributed by atoms with Crippen LogP contribution in [0.4, 0.5) is 0 Å². The lowest BCUT2D eigenvalue weighted by Gasteiger charge is -2.15. The van der Waals surface area contributed by atoms with E-state index in [9.17, 15) is 19.5 Å². The molecule has 164 valence electrons. The van der Waals surface area contributed by atoms with Gasteiger partial charge in [0.15, 0.2) is 11.6 Å². The van der Waals surface area contributed by atoms with E-state index in [4.69, 9.17) is 9.84 Å². The molecular weight excluding hydrogens is 410 g/mol. The zero-order valence-corrected chi connectivity index (χ0v) is 17.8. The van der Waals surface area contributed by atoms with Crippen molar-refractivity contribution in [2.75, 3.05) is 0 Å². The van der Waals surface area contributed by atoms with Gasteiger partial charge in [-0.2, -0.15) is 0 Å². The Bertz CT molecular complexity index is 1170. The molecular formula is C25H23NO6. The van der Waals surface area contributed by atoms with Gasteiger partial charge in [0, 0.05) is 29.1 Å². The highest BCUT2D eigenvalue weighted by atomic mass is 16.5. The Labute approximate surface area is 185 Å². The van der Waals surface area contributed by atoms with Crippen molar-refractivity contribution in [3.05, 3.63) is 88.2 Å². The van der Waals surface area contributed by atoms with Crippen molar-refractivity contribution < 1.29 is 29.3 Å². The molecule has 2 aromatic carbocycles. The normalized spacial score (nSPS) is 10.6. The number of benzene rings is 2. The second-order valence-corrected chi connectivity index (χ2v) is 7.33. The third-order valence-electron chi connectivity index (χ3n) is 4.98. The number of carbonyl (C=O) groups is 3. The highest BCUT2D eigenvalue weighted by Crippen LogP contribution is 2.33. The average Bonchev–Trinajstić information content (AvgIpc) is 2.79. The number of pyridine rings is 1. The highest BCUT2D eigenvalue weighted by Gasteiger charge is 2.16. The van der Waals surface area contributed by atoms with Gasteiger partial charge in [-0.3, -0.25) is 14.6 Å². The summed E-state index contributed by atoms with van der Waals surface area (Å²) in [7, 11) is 0. The first-order valence-electron chi connectivity index (χ1n) is 10.1. The lowest BCUT2D eigenvalue weighted by molar-refractivity contribution is 0.0696. The molecule has 0 saturated heterocycles. The van der Waals surface area contributed by atoms with E-state index >= 15 is 0 Å². The summed E-state index contributed by atoms with van der Waals surface area (Å²) in [6, 6.07) is 11.3. The van der Waals surface area contributed by atoms with E-state index in [-0.39, 0.29) is 40.6 Å². The molecule has 0 amide bonds. The lowest BCUT2D eigenvalue weighted by Crippen LogP contribution is -2.06. The Morgan fingerprint density at radius 2 is 1.66 bits per heavy atom. The molecule has 0 bridgehead atoms. The summed E-state index contributed by atoms with van der Waals surface area (Å²) in [6.45, 7) is 3.59. The van der Waals surface area contributed by atoms with Crippen molar-refractivity contribution >= 4 is 17.5 Å². The van der Waals surface area contributed by atoms with Gasteiger partial charge < -0.3 is 14.9 Å². The van der Waals surface area contributed by atoms with Crippen LogP contribution in [0.1, 0.15) is 68.0 Å². The number of Topliss-reactive ketones (excluding diaryl/α,β-unsaturated/α-hetero) is 1. The van der Waals surface area contributed by atoms with Crippen molar-refractivity contribution in [3.63, 3.8) is 0 Å². The van der Waals surface area contributed by atoms with Crippen molar-refractivity contribution in [2.45, 2.75) is 33.3 Å². The predicted molar refractivity (Wildman–Crippen MR) is 118 cm³/mol. The zero-order chi connectivity index (χ0) is 23.3. The van der Waals surface area contributed by atoms with E-state index in [1.165, 1.54) is 25.4 Å². The van der Waals surface area contributed by atoms with Gasteiger partial charge in [-0.15, -0.1) is 0 Å². The number of phenolic OH excluding ortho intramolecular Hbond substituents is 1. The van der Waals surface area contributed by atoms with E-state index in [1.807, 2.05) is 6.92 Å². The summed E-state index contributed by atoms with van der Waals surface area (Å²) in [5.74, 6) is -1.23. The number of carboxylic acid groups (broad SMARTS) is 1. The number of nitrogens with zero attached hydrogens (tertiary/aromatic N) is 1. The number of ether oxygens (including phenoxy) is 1. The molecule has 0 radical (unpaired) electrons. The van der Waals surface area contributed by atoms with Crippen molar-refractivity contribution in [3.8, 4) is 11.5 Å². The Morgan fingerprint density at radius 1 is 0.969 bits per heavy atom. The molecule has 1 aromatic heterocycles. The van der Waals surface area contributed by atoms with Crippen LogP contribution < -0.4 is 4.74 Å². The van der Waals surface area contributed by atoms with Gasteiger partial charge in [0.1, 0.15) is 18.1 Å². The van der Waals surface area contributed by atoms with E-state index in [0.29, 0.717) is 23.3 Å². The lowest BCUT2D eigenvalue weighted by atomic mass is 10.0. The molecule has 0 aliphatic carbocycles. The van der Waals surface area contributed by atoms with Gasteiger partial charge in [-0.1, -0.05) is 37.6 Å². The number of hydrogen-bond donors (Lipinski definition) is 2. The molecule has 0 aliphatic heterocycles. The third kappa shape index (κ3) is 5.00. The van der Waals surface area contributed by atoms with Crippen LogP contribution in [0.25, 0.3) is 0 Å². The number of phenols is 1. The molecule has 1 heterocycles. The molecule has 0 unspecified atom stereocenters. The maximum atomic E-state index is 12.6. The summed E-state index contributed by atoms with van der Waals surface area (Å²) in [6.07, 6.45) is 3.87. The number of carbonyl (C=O) groups excluding carboxylic acids is 2. The van der Waals surface area contributed by atoms with Crippen molar-refractivity contribution in [1.29, 1.82) is 0 Å². The molecule has 3 rings (SSSR count). The first-order chi connectivity index (χ1) is 15.3. The SMILES string of the molecule is CCCc1c(OCc2ccc(C(=O)c3cncc(C(=O)O)c3)cc2)ccc(C(C)=O)c1O. The average molecular weight is 433 g/mol. The van der Waals surface area contributed by atoms with Crippen LogP contribution in [0.15, 0.2) is 54.9 Å². The van der Waals surface area contributed by atoms with Crippen LogP contribution in [-0.4, -0.2) is 32.7 Å². The number of carboxylic acids is 1. The molecule has 2 N–H and O–H groups in total. The van der Waals surface area contributed by atoms with Gasteiger partial charge >= 0.3 is 5.97 Å². The minimum atomic E-state index is -1.15. The molecule has 7 nitrogen and oxygen atoms in total. The molecule has 3 aromatic rings. The first kappa shape index (κ1) is 22.7.